The maximum Gasteiger partial charge on any atom is 0.327 e. The number of rotatable bonds is 2. The van der Waals surface area contributed by atoms with E-state index >= 15 is 0 Å². The van der Waals surface area contributed by atoms with Crippen LogP contribution < -0.4 is 5.69 Å². The van der Waals surface area contributed by atoms with Crippen molar-refractivity contribution < 1.29 is 0 Å². The Morgan fingerprint density at radius 1 is 1.05 bits per heavy atom. The first-order chi connectivity index (χ1) is 10.6. The molecule has 4 heteroatoms. The fourth-order valence-corrected chi connectivity index (χ4v) is 3.27. The minimum absolute atomic E-state index is 0.0506. The fourth-order valence-electron chi connectivity index (χ4n) is 3.27. The molecule has 2 heterocycles. The van der Waals surface area contributed by atoms with Gasteiger partial charge in [-0.25, -0.2) is 4.79 Å². The molecule has 0 spiro atoms. The number of imidazole rings is 1. The van der Waals surface area contributed by atoms with Crippen LogP contribution in [0.3, 0.4) is 0 Å². The van der Waals surface area contributed by atoms with Crippen LogP contribution in [0.5, 0.6) is 0 Å². The lowest BCUT2D eigenvalue weighted by Crippen LogP contribution is -2.21. The third kappa shape index (κ3) is 1.80. The van der Waals surface area contributed by atoms with Crippen LogP contribution in [0, 0.1) is 6.92 Å². The van der Waals surface area contributed by atoms with Gasteiger partial charge in [-0.05, 0) is 43.0 Å². The minimum atomic E-state index is -0.0750. The van der Waals surface area contributed by atoms with Gasteiger partial charge in [0.15, 0.2) is 0 Å². The Hall–Kier alpha value is -2.75. The zero-order chi connectivity index (χ0) is 15.3. The van der Waals surface area contributed by atoms with Gasteiger partial charge in [0.05, 0.1) is 22.6 Å². The summed E-state index contributed by atoms with van der Waals surface area (Å²) in [6, 6.07) is 16.1. The van der Waals surface area contributed by atoms with Gasteiger partial charge in [-0.3, -0.25) is 4.57 Å². The fraction of sp³-hybridized carbons (Fsp3) is 0.167. The predicted octanol–water partition coefficient (Wildman–Crippen LogP) is 3.73. The van der Waals surface area contributed by atoms with Gasteiger partial charge in [0.25, 0.3) is 0 Å². The highest BCUT2D eigenvalue weighted by Crippen LogP contribution is 2.28. The molecule has 0 bridgehead atoms. The van der Waals surface area contributed by atoms with E-state index in [9.17, 15) is 4.79 Å². The van der Waals surface area contributed by atoms with Crippen LogP contribution in [-0.2, 0) is 0 Å². The summed E-state index contributed by atoms with van der Waals surface area (Å²) >= 11 is 0. The largest absolute Gasteiger partial charge is 0.358 e. The molecule has 0 saturated carbocycles. The van der Waals surface area contributed by atoms with E-state index in [0.29, 0.717) is 0 Å². The van der Waals surface area contributed by atoms with Crippen molar-refractivity contribution in [2.24, 2.45) is 0 Å². The molecule has 1 atom stereocenters. The third-order valence-corrected chi connectivity index (χ3v) is 4.28. The highest BCUT2D eigenvalue weighted by molar-refractivity contribution is 5.84. The number of benzene rings is 2. The van der Waals surface area contributed by atoms with Crippen LogP contribution >= 0.6 is 0 Å². The Morgan fingerprint density at radius 3 is 2.73 bits per heavy atom. The summed E-state index contributed by atoms with van der Waals surface area (Å²) in [5.74, 6) is 0. The molecule has 0 saturated heterocycles. The number of hydrogen-bond donors (Lipinski definition) is 2. The van der Waals surface area contributed by atoms with E-state index in [4.69, 9.17) is 0 Å². The molecule has 0 aliphatic rings. The molecule has 2 aromatic carbocycles. The summed E-state index contributed by atoms with van der Waals surface area (Å²) in [7, 11) is 0. The Morgan fingerprint density at radius 2 is 1.86 bits per heavy atom. The molecule has 2 N–H and O–H groups in total. The molecule has 1 unspecified atom stereocenters. The highest BCUT2D eigenvalue weighted by atomic mass is 16.1. The van der Waals surface area contributed by atoms with Crippen LogP contribution in [0.4, 0.5) is 0 Å². The van der Waals surface area contributed by atoms with Gasteiger partial charge in [0.2, 0.25) is 0 Å². The highest BCUT2D eigenvalue weighted by Gasteiger charge is 2.17. The topological polar surface area (TPSA) is 53.6 Å². The van der Waals surface area contributed by atoms with Gasteiger partial charge in [-0.15, -0.1) is 0 Å². The smallest absolute Gasteiger partial charge is 0.327 e. The first kappa shape index (κ1) is 13.0. The van der Waals surface area contributed by atoms with Crippen LogP contribution in [0.2, 0.25) is 0 Å². The molecule has 2 aromatic heterocycles. The number of nitrogens with zero attached hydrogens (tertiary/aromatic N) is 1. The molecule has 4 rings (SSSR count). The lowest BCUT2D eigenvalue weighted by Gasteiger charge is -2.15. The summed E-state index contributed by atoms with van der Waals surface area (Å²) in [5.41, 5.74) is 5.08. The van der Waals surface area contributed by atoms with Crippen molar-refractivity contribution in [2.45, 2.75) is 19.9 Å². The SMILES string of the molecule is Cc1cc2cccc(C(C)n3c(=O)[nH]c4ccccc43)c2[nH]1. The Bertz CT molecular complexity index is 1040. The van der Waals surface area contributed by atoms with E-state index < -0.39 is 0 Å². The molecular formula is C18H17N3O. The van der Waals surface area contributed by atoms with Crippen molar-refractivity contribution in [1.29, 1.82) is 0 Å². The summed E-state index contributed by atoms with van der Waals surface area (Å²) < 4.78 is 1.82. The second-order valence-electron chi connectivity index (χ2n) is 5.76. The number of fused-ring (bicyclic) bond motifs is 2. The molecule has 0 amide bonds. The summed E-state index contributed by atoms with van der Waals surface area (Å²) in [6.07, 6.45) is 0. The maximum absolute atomic E-state index is 12.4. The van der Waals surface area contributed by atoms with Crippen molar-refractivity contribution in [3.63, 3.8) is 0 Å². The lowest BCUT2D eigenvalue weighted by molar-refractivity contribution is 0.639. The van der Waals surface area contributed by atoms with Crippen molar-refractivity contribution in [1.82, 2.24) is 14.5 Å². The molecule has 4 aromatic rings. The van der Waals surface area contributed by atoms with Gasteiger partial charge in [-0.2, -0.15) is 0 Å². The average molecular weight is 291 g/mol. The van der Waals surface area contributed by atoms with Crippen LogP contribution in [0.25, 0.3) is 21.9 Å². The summed E-state index contributed by atoms with van der Waals surface area (Å²) in [6.45, 7) is 4.11. The molecule has 0 aliphatic carbocycles. The van der Waals surface area contributed by atoms with Crippen molar-refractivity contribution >= 4 is 21.9 Å². The number of aryl methyl sites for hydroxylation is 1. The van der Waals surface area contributed by atoms with Gasteiger partial charge in [-0.1, -0.05) is 30.3 Å². The van der Waals surface area contributed by atoms with Gasteiger partial charge >= 0.3 is 5.69 Å². The van der Waals surface area contributed by atoms with E-state index in [-0.39, 0.29) is 11.7 Å². The van der Waals surface area contributed by atoms with Crippen LogP contribution in [0.15, 0.2) is 53.3 Å². The van der Waals surface area contributed by atoms with Gasteiger partial charge < -0.3 is 9.97 Å². The first-order valence-electron chi connectivity index (χ1n) is 7.42. The molecule has 0 fully saturated rings. The standard InChI is InChI=1S/C18H17N3O/c1-11-10-13-6-5-7-14(17(13)19-11)12(2)21-16-9-4-3-8-15(16)20-18(21)22/h3-10,12,19H,1-2H3,(H,20,22). The third-order valence-electron chi connectivity index (χ3n) is 4.28. The van der Waals surface area contributed by atoms with E-state index in [1.54, 1.807) is 0 Å². The second kappa shape index (κ2) is 4.63. The number of para-hydroxylation sites is 3. The molecule has 110 valence electrons. The van der Waals surface area contributed by atoms with E-state index in [0.717, 1.165) is 27.8 Å². The first-order valence-corrected chi connectivity index (χ1v) is 7.42. The number of aromatic nitrogens is 3. The Labute approximate surface area is 127 Å². The normalized spacial score (nSPS) is 13.0. The molecule has 0 radical (unpaired) electrons. The second-order valence-corrected chi connectivity index (χ2v) is 5.76. The zero-order valence-electron chi connectivity index (χ0n) is 12.6. The molecule has 0 aliphatic heterocycles. The molecule has 22 heavy (non-hydrogen) atoms. The predicted molar refractivity (Wildman–Crippen MR) is 89.4 cm³/mol. The van der Waals surface area contributed by atoms with Gasteiger partial charge in [0.1, 0.15) is 0 Å². The van der Waals surface area contributed by atoms with Crippen molar-refractivity contribution in [3.05, 3.63) is 70.3 Å². The zero-order valence-corrected chi connectivity index (χ0v) is 12.6. The number of nitrogens with one attached hydrogen (secondary N) is 2. The summed E-state index contributed by atoms with van der Waals surface area (Å²) in [4.78, 5) is 18.7. The number of hydrogen-bond acceptors (Lipinski definition) is 1. The minimum Gasteiger partial charge on any atom is -0.358 e. The number of H-pyrrole nitrogens is 2. The van der Waals surface area contributed by atoms with E-state index in [1.165, 1.54) is 5.39 Å². The van der Waals surface area contributed by atoms with Crippen LogP contribution in [0.1, 0.15) is 24.2 Å². The average Bonchev–Trinajstić information content (AvgIpc) is 3.04. The maximum atomic E-state index is 12.4. The van der Waals surface area contributed by atoms with Crippen molar-refractivity contribution in [2.75, 3.05) is 0 Å². The quantitative estimate of drug-likeness (QED) is 0.581. The van der Waals surface area contributed by atoms with Gasteiger partial charge in [0, 0.05) is 5.69 Å². The Balaban J connectivity index is 1.98. The van der Waals surface area contributed by atoms with E-state index in [2.05, 4.69) is 35.1 Å². The summed E-state index contributed by atoms with van der Waals surface area (Å²) in [5, 5.41) is 1.18. The Kier molecular flexibility index (Phi) is 2.73. The monoisotopic (exact) mass is 291 g/mol. The van der Waals surface area contributed by atoms with E-state index in [1.807, 2.05) is 41.8 Å². The molecule has 4 nitrogen and oxygen atoms in total. The molecular weight excluding hydrogens is 274 g/mol. The van der Waals surface area contributed by atoms with Crippen LogP contribution in [-0.4, -0.2) is 14.5 Å². The lowest BCUT2D eigenvalue weighted by atomic mass is 10.0. The number of aromatic amines is 2. The van der Waals surface area contributed by atoms with Crippen molar-refractivity contribution in [3.8, 4) is 0 Å².